The van der Waals surface area contributed by atoms with Gasteiger partial charge in [0.2, 0.25) is 10.0 Å². The average molecular weight is 689 g/mol. The van der Waals surface area contributed by atoms with Gasteiger partial charge in [-0.25, -0.2) is 27.5 Å². The molecule has 0 bridgehead atoms. The fourth-order valence-corrected chi connectivity index (χ4v) is 8.39. The van der Waals surface area contributed by atoms with E-state index in [1.807, 2.05) is 18.7 Å². The number of rotatable bonds is 11. The van der Waals surface area contributed by atoms with Crippen molar-refractivity contribution < 1.29 is 31.8 Å². The van der Waals surface area contributed by atoms with E-state index in [1.54, 1.807) is 13.1 Å². The molecule has 1 N–H and O–H groups in total. The lowest BCUT2D eigenvalue weighted by molar-refractivity contribution is -0.0299. The highest BCUT2D eigenvalue weighted by Crippen LogP contribution is 2.45. The van der Waals surface area contributed by atoms with Gasteiger partial charge in [-0.05, 0) is 90.6 Å². The van der Waals surface area contributed by atoms with Crippen molar-refractivity contribution in [2.24, 2.45) is 5.41 Å². The second-order valence-electron chi connectivity index (χ2n) is 14.0. The molecule has 1 amide bonds. The third-order valence-electron chi connectivity index (χ3n) is 10.3. The normalized spacial score (nSPS) is 23.6. The molecule has 2 atom stereocenters. The topological polar surface area (TPSA) is 126 Å². The molecule has 12 nitrogen and oxygen atoms in total. The fourth-order valence-electron chi connectivity index (χ4n) is 7.53. The molecule has 6 rings (SSSR count). The molecule has 1 aromatic carbocycles. The van der Waals surface area contributed by atoms with Gasteiger partial charge in [-0.15, -0.1) is 0 Å². The van der Waals surface area contributed by atoms with Crippen molar-refractivity contribution in [2.45, 2.75) is 83.5 Å². The van der Waals surface area contributed by atoms with E-state index in [0.717, 1.165) is 71.2 Å². The van der Waals surface area contributed by atoms with Gasteiger partial charge in [0, 0.05) is 56.4 Å². The second-order valence-corrected chi connectivity index (χ2v) is 16.1. The van der Waals surface area contributed by atoms with Crippen LogP contribution in [0.1, 0.15) is 69.7 Å². The number of halogens is 1. The Morgan fingerprint density at radius 3 is 2.56 bits per heavy atom. The molecular formula is C34H49FN6O6S. The lowest BCUT2D eigenvalue weighted by atomic mass is 9.72. The minimum atomic E-state index is -3.23. The van der Waals surface area contributed by atoms with Crippen LogP contribution < -0.4 is 14.4 Å². The van der Waals surface area contributed by atoms with Crippen molar-refractivity contribution in [2.75, 3.05) is 63.2 Å². The number of carbonyl (C=O) groups excluding carboxylic acids is 1. The quantitative estimate of drug-likeness (QED) is 0.373. The third-order valence-corrected chi connectivity index (χ3v) is 11.7. The summed E-state index contributed by atoms with van der Waals surface area (Å²) in [6.07, 6.45) is 8.45. The van der Waals surface area contributed by atoms with Crippen LogP contribution in [-0.2, 0) is 19.5 Å². The smallest absolute Gasteiger partial charge is 0.258 e. The summed E-state index contributed by atoms with van der Waals surface area (Å²) < 4.78 is 59.0. The predicted molar refractivity (Wildman–Crippen MR) is 179 cm³/mol. The highest BCUT2D eigenvalue weighted by atomic mass is 32.2. The van der Waals surface area contributed by atoms with Crippen molar-refractivity contribution in [3.8, 4) is 11.5 Å². The third kappa shape index (κ3) is 8.10. The zero-order chi connectivity index (χ0) is 33.9. The number of carbonyl (C=O) groups is 1. The first-order chi connectivity index (χ1) is 23.0. The number of nitrogens with one attached hydrogen (secondary N) is 1. The van der Waals surface area contributed by atoms with Crippen molar-refractivity contribution >= 4 is 21.7 Å². The van der Waals surface area contributed by atoms with Gasteiger partial charge >= 0.3 is 0 Å². The van der Waals surface area contributed by atoms with E-state index in [1.165, 1.54) is 24.5 Å². The molecule has 4 aliphatic heterocycles. The molecule has 4 fully saturated rings. The molecule has 0 unspecified atom stereocenters. The minimum Gasteiger partial charge on any atom is -0.451 e. The molecule has 0 radical (unpaired) electrons. The van der Waals surface area contributed by atoms with Crippen LogP contribution in [-0.4, -0.2) is 117 Å². The zero-order valence-corrected chi connectivity index (χ0v) is 29.1. The van der Waals surface area contributed by atoms with E-state index in [0.29, 0.717) is 31.4 Å². The molecule has 48 heavy (non-hydrogen) atoms. The Morgan fingerprint density at radius 2 is 1.90 bits per heavy atom. The summed E-state index contributed by atoms with van der Waals surface area (Å²) in [5, 5.41) is 0. The number of benzene rings is 1. The van der Waals surface area contributed by atoms with E-state index >= 15 is 0 Å². The second kappa shape index (κ2) is 14.9. The summed E-state index contributed by atoms with van der Waals surface area (Å²) in [5.41, 5.74) is 0.367. The van der Waals surface area contributed by atoms with E-state index in [9.17, 15) is 17.6 Å². The van der Waals surface area contributed by atoms with Gasteiger partial charge in [-0.3, -0.25) is 4.79 Å². The number of likely N-dealkylation sites (tertiary alicyclic amines) is 1. The summed E-state index contributed by atoms with van der Waals surface area (Å²) in [6, 6.07) is 3.86. The summed E-state index contributed by atoms with van der Waals surface area (Å²) >= 11 is 0. The van der Waals surface area contributed by atoms with Crippen LogP contribution in [0.25, 0.3) is 0 Å². The van der Waals surface area contributed by atoms with Crippen molar-refractivity contribution in [3.05, 3.63) is 42.1 Å². The van der Waals surface area contributed by atoms with Crippen molar-refractivity contribution in [3.63, 3.8) is 0 Å². The number of piperidine rings is 1. The predicted octanol–water partition coefficient (Wildman–Crippen LogP) is 3.83. The summed E-state index contributed by atoms with van der Waals surface area (Å²) in [7, 11) is -3.23. The Morgan fingerprint density at radius 1 is 1.15 bits per heavy atom. The molecular weight excluding hydrogens is 639 g/mol. The molecule has 5 heterocycles. The van der Waals surface area contributed by atoms with Gasteiger partial charge in [0.15, 0.2) is 11.6 Å². The van der Waals surface area contributed by atoms with Gasteiger partial charge < -0.3 is 28.9 Å². The maximum Gasteiger partial charge on any atom is 0.258 e. The Balaban J connectivity index is 1.05. The maximum absolute atomic E-state index is 14.6. The molecule has 0 saturated carbocycles. The Hall–Kier alpha value is -2.91. The minimum absolute atomic E-state index is 0.0122. The lowest BCUT2D eigenvalue weighted by Gasteiger charge is -2.54. The number of ether oxygens (including phenoxy) is 3. The first-order valence-electron chi connectivity index (χ1n) is 17.3. The lowest BCUT2D eigenvalue weighted by Crippen LogP contribution is -2.61. The summed E-state index contributed by atoms with van der Waals surface area (Å²) in [4.78, 5) is 29.2. The number of hydrogen-bond donors (Lipinski definition) is 1. The highest BCUT2D eigenvalue weighted by molar-refractivity contribution is 7.89. The molecule has 2 aromatic rings. The molecule has 14 heteroatoms. The summed E-state index contributed by atoms with van der Waals surface area (Å²) in [6.45, 7) is 11.7. The van der Waals surface area contributed by atoms with Gasteiger partial charge in [0.25, 0.3) is 5.91 Å². The van der Waals surface area contributed by atoms with Crippen LogP contribution in [0.5, 0.6) is 11.5 Å². The van der Waals surface area contributed by atoms with Crippen LogP contribution in [0, 0.1) is 11.2 Å². The molecule has 264 valence electrons. The molecule has 4 aliphatic rings. The Bertz CT molecular complexity index is 1520. The van der Waals surface area contributed by atoms with Crippen LogP contribution in [0.3, 0.4) is 0 Å². The van der Waals surface area contributed by atoms with E-state index < -0.39 is 15.8 Å². The Labute approximate surface area is 283 Å². The van der Waals surface area contributed by atoms with Crippen LogP contribution >= 0.6 is 0 Å². The zero-order valence-electron chi connectivity index (χ0n) is 28.3. The van der Waals surface area contributed by atoms with Gasteiger partial charge in [0.05, 0.1) is 30.2 Å². The van der Waals surface area contributed by atoms with E-state index in [2.05, 4.69) is 24.5 Å². The average Bonchev–Trinajstić information content (AvgIpc) is 3.06. The first-order valence-corrected chi connectivity index (χ1v) is 19.0. The largest absolute Gasteiger partial charge is 0.451 e. The molecule has 1 spiro atoms. The summed E-state index contributed by atoms with van der Waals surface area (Å²) in [5.74, 6) is 0.685. The van der Waals surface area contributed by atoms with Gasteiger partial charge in [-0.2, -0.15) is 0 Å². The molecule has 1 aromatic heterocycles. The number of amides is 1. The number of sulfonamides is 1. The van der Waals surface area contributed by atoms with Crippen molar-refractivity contribution in [1.82, 2.24) is 24.5 Å². The SMILES string of the molecule is CCS(=O)(=O)N[C@@H]1CC[C@@H](CN2CCC3(CC2)CN(c2ncncc2Oc2ccc(F)cc2C(=O)N(C(C)C)C2CCOCC2)C3)OC1. The maximum atomic E-state index is 14.6. The van der Waals surface area contributed by atoms with Crippen molar-refractivity contribution in [1.29, 1.82) is 0 Å². The monoisotopic (exact) mass is 688 g/mol. The number of nitrogens with zero attached hydrogens (tertiary/aromatic N) is 5. The fraction of sp³-hybridized carbons (Fsp3) is 0.676. The first kappa shape index (κ1) is 34.9. The van der Waals surface area contributed by atoms with Crippen LogP contribution in [0.15, 0.2) is 30.7 Å². The number of hydrogen-bond acceptors (Lipinski definition) is 10. The van der Waals surface area contributed by atoms with E-state index in [4.69, 9.17) is 14.2 Å². The van der Waals surface area contributed by atoms with Crippen LogP contribution in [0.4, 0.5) is 10.2 Å². The van der Waals surface area contributed by atoms with E-state index in [-0.39, 0.29) is 52.6 Å². The highest BCUT2D eigenvalue weighted by Gasteiger charge is 2.46. The molecule has 0 aliphatic carbocycles. The van der Waals surface area contributed by atoms with Gasteiger partial charge in [0.1, 0.15) is 17.9 Å². The standard InChI is InChI=1S/C34H49FN6O6S/c1-4-48(43,44)38-26-6-7-28(46-20-26)19-39-13-11-34(12-14-39)21-40(22-34)32-31(18-36-23-37-32)47-30-8-5-25(35)17-29(30)33(42)41(24(2)3)27-9-15-45-16-10-27/h5,8,17-18,23-24,26-28,38H,4,6-7,9-16,19-22H2,1-3H3/t26-,28+/m1/s1. The molecule has 4 saturated heterocycles. The number of aromatic nitrogens is 2. The number of anilines is 1. The Kier molecular flexibility index (Phi) is 10.9. The van der Waals surface area contributed by atoms with Gasteiger partial charge in [-0.1, -0.05) is 0 Å². The van der Waals surface area contributed by atoms with Crippen LogP contribution in [0.2, 0.25) is 0 Å².